The lowest BCUT2D eigenvalue weighted by Crippen LogP contribution is -2.58. The zero-order chi connectivity index (χ0) is 10.9. The van der Waals surface area contributed by atoms with E-state index >= 15 is 0 Å². The van der Waals surface area contributed by atoms with Gasteiger partial charge in [-0.3, -0.25) is 4.79 Å². The van der Waals surface area contributed by atoms with Crippen molar-refractivity contribution in [2.24, 2.45) is 11.1 Å². The zero-order valence-electron chi connectivity index (χ0n) is 9.59. The number of rotatable bonds is 3. The van der Waals surface area contributed by atoms with Crippen LogP contribution >= 0.6 is 0 Å². The van der Waals surface area contributed by atoms with E-state index in [0.717, 1.165) is 0 Å². The SMILES string of the molecule is CC(NC1CCC12CCCCC2)C(N)=O. The molecule has 0 bridgehead atoms. The van der Waals surface area contributed by atoms with Crippen LogP contribution in [0, 0.1) is 5.41 Å². The molecule has 15 heavy (non-hydrogen) atoms. The number of primary amides is 1. The molecule has 2 fully saturated rings. The predicted molar refractivity (Wildman–Crippen MR) is 60.3 cm³/mol. The molecule has 2 rings (SSSR count). The molecule has 0 aromatic heterocycles. The summed E-state index contributed by atoms with van der Waals surface area (Å²) in [7, 11) is 0. The fourth-order valence-corrected chi connectivity index (χ4v) is 3.20. The quantitative estimate of drug-likeness (QED) is 0.742. The largest absolute Gasteiger partial charge is 0.368 e. The van der Waals surface area contributed by atoms with Gasteiger partial charge in [0.15, 0.2) is 0 Å². The van der Waals surface area contributed by atoms with Gasteiger partial charge in [-0.25, -0.2) is 0 Å². The zero-order valence-corrected chi connectivity index (χ0v) is 9.59. The van der Waals surface area contributed by atoms with Crippen LogP contribution in [0.3, 0.4) is 0 Å². The maximum Gasteiger partial charge on any atom is 0.234 e. The number of carbonyl (C=O) groups is 1. The molecule has 0 saturated heterocycles. The Morgan fingerprint density at radius 1 is 1.33 bits per heavy atom. The Morgan fingerprint density at radius 3 is 2.47 bits per heavy atom. The fraction of sp³-hybridized carbons (Fsp3) is 0.917. The van der Waals surface area contributed by atoms with Crippen molar-refractivity contribution in [3.8, 4) is 0 Å². The summed E-state index contributed by atoms with van der Waals surface area (Å²) in [6.45, 7) is 1.87. The van der Waals surface area contributed by atoms with Crippen molar-refractivity contribution in [3.05, 3.63) is 0 Å². The third-order valence-corrected chi connectivity index (χ3v) is 4.40. The number of carbonyl (C=O) groups excluding carboxylic acids is 1. The van der Waals surface area contributed by atoms with Crippen LogP contribution in [0.4, 0.5) is 0 Å². The third kappa shape index (κ3) is 2.03. The minimum absolute atomic E-state index is 0.172. The van der Waals surface area contributed by atoms with Gasteiger partial charge in [-0.2, -0.15) is 0 Å². The van der Waals surface area contributed by atoms with Crippen molar-refractivity contribution in [3.63, 3.8) is 0 Å². The number of hydrogen-bond acceptors (Lipinski definition) is 2. The Hall–Kier alpha value is -0.570. The van der Waals surface area contributed by atoms with E-state index in [0.29, 0.717) is 11.5 Å². The molecular formula is C12H22N2O. The molecule has 0 aromatic rings. The van der Waals surface area contributed by atoms with Crippen molar-refractivity contribution in [1.82, 2.24) is 5.32 Å². The molecule has 2 unspecified atom stereocenters. The summed E-state index contributed by atoms with van der Waals surface area (Å²) >= 11 is 0. The van der Waals surface area contributed by atoms with Crippen molar-refractivity contribution in [1.29, 1.82) is 0 Å². The van der Waals surface area contributed by atoms with Crippen LogP contribution in [-0.4, -0.2) is 18.0 Å². The molecule has 3 N–H and O–H groups in total. The van der Waals surface area contributed by atoms with Crippen LogP contribution in [0.1, 0.15) is 51.9 Å². The topological polar surface area (TPSA) is 55.1 Å². The second kappa shape index (κ2) is 4.12. The fourth-order valence-electron chi connectivity index (χ4n) is 3.20. The van der Waals surface area contributed by atoms with E-state index in [9.17, 15) is 4.79 Å². The minimum atomic E-state index is -0.229. The van der Waals surface area contributed by atoms with Crippen LogP contribution in [0.5, 0.6) is 0 Å². The first kappa shape index (κ1) is 10.9. The molecule has 1 spiro atoms. The van der Waals surface area contributed by atoms with Gasteiger partial charge in [-0.05, 0) is 38.0 Å². The average Bonchev–Trinajstić information content (AvgIpc) is 2.25. The molecule has 2 aliphatic carbocycles. The Labute approximate surface area is 91.8 Å². The predicted octanol–water partition coefficient (Wildman–Crippen LogP) is 1.56. The average molecular weight is 210 g/mol. The highest BCUT2D eigenvalue weighted by atomic mass is 16.1. The van der Waals surface area contributed by atoms with Crippen molar-refractivity contribution >= 4 is 5.91 Å². The highest BCUT2D eigenvalue weighted by Gasteiger charge is 2.47. The Balaban J connectivity index is 1.90. The normalized spacial score (nSPS) is 30.9. The molecule has 0 heterocycles. The summed E-state index contributed by atoms with van der Waals surface area (Å²) in [4.78, 5) is 11.0. The van der Waals surface area contributed by atoms with Gasteiger partial charge in [0.2, 0.25) is 5.91 Å². The van der Waals surface area contributed by atoms with E-state index in [-0.39, 0.29) is 11.9 Å². The molecule has 0 aromatic carbocycles. The summed E-state index contributed by atoms with van der Waals surface area (Å²) in [5, 5.41) is 3.40. The first-order valence-corrected chi connectivity index (χ1v) is 6.19. The summed E-state index contributed by atoms with van der Waals surface area (Å²) in [5.74, 6) is -0.229. The van der Waals surface area contributed by atoms with E-state index in [2.05, 4.69) is 5.32 Å². The van der Waals surface area contributed by atoms with Gasteiger partial charge in [0.25, 0.3) is 0 Å². The second-order valence-electron chi connectivity index (χ2n) is 5.31. The van der Waals surface area contributed by atoms with Crippen molar-refractivity contribution < 1.29 is 4.79 Å². The van der Waals surface area contributed by atoms with Crippen LogP contribution in [0.25, 0.3) is 0 Å². The van der Waals surface area contributed by atoms with Crippen LogP contribution in [0.2, 0.25) is 0 Å². The molecule has 1 amide bonds. The van der Waals surface area contributed by atoms with Gasteiger partial charge >= 0.3 is 0 Å². The lowest BCUT2D eigenvalue weighted by atomic mass is 9.57. The summed E-state index contributed by atoms with van der Waals surface area (Å²) in [5.41, 5.74) is 5.80. The van der Waals surface area contributed by atoms with Crippen LogP contribution in [0.15, 0.2) is 0 Å². The molecule has 2 aliphatic rings. The molecule has 2 atom stereocenters. The number of amides is 1. The monoisotopic (exact) mass is 210 g/mol. The highest BCUT2D eigenvalue weighted by molar-refractivity contribution is 5.79. The summed E-state index contributed by atoms with van der Waals surface area (Å²) in [6, 6.07) is 0.370. The van der Waals surface area contributed by atoms with Gasteiger partial charge in [-0.1, -0.05) is 19.3 Å². The van der Waals surface area contributed by atoms with Gasteiger partial charge in [-0.15, -0.1) is 0 Å². The van der Waals surface area contributed by atoms with Crippen LogP contribution < -0.4 is 11.1 Å². The number of nitrogens with two attached hydrogens (primary N) is 1. The van der Waals surface area contributed by atoms with Gasteiger partial charge in [0, 0.05) is 6.04 Å². The Morgan fingerprint density at radius 2 is 2.00 bits per heavy atom. The smallest absolute Gasteiger partial charge is 0.234 e. The van der Waals surface area contributed by atoms with E-state index in [1.54, 1.807) is 0 Å². The summed E-state index contributed by atoms with van der Waals surface area (Å²) in [6.07, 6.45) is 9.37. The molecule has 3 nitrogen and oxygen atoms in total. The Kier molecular flexibility index (Phi) is 3.01. The Bertz CT molecular complexity index is 246. The van der Waals surface area contributed by atoms with E-state index in [1.165, 1.54) is 44.9 Å². The maximum atomic E-state index is 11.0. The third-order valence-electron chi connectivity index (χ3n) is 4.40. The number of hydrogen-bond donors (Lipinski definition) is 2. The molecule has 2 saturated carbocycles. The van der Waals surface area contributed by atoms with Gasteiger partial charge in [0.05, 0.1) is 6.04 Å². The summed E-state index contributed by atoms with van der Waals surface area (Å²) < 4.78 is 0. The van der Waals surface area contributed by atoms with Crippen molar-refractivity contribution in [2.45, 2.75) is 64.0 Å². The van der Waals surface area contributed by atoms with Crippen molar-refractivity contribution in [2.75, 3.05) is 0 Å². The first-order chi connectivity index (χ1) is 7.14. The first-order valence-electron chi connectivity index (χ1n) is 6.19. The van der Waals surface area contributed by atoms with Crippen LogP contribution in [-0.2, 0) is 4.79 Å². The molecular weight excluding hydrogens is 188 g/mol. The number of nitrogens with one attached hydrogen (secondary N) is 1. The molecule has 0 radical (unpaired) electrons. The van der Waals surface area contributed by atoms with Gasteiger partial charge < -0.3 is 11.1 Å². The van der Waals surface area contributed by atoms with E-state index in [4.69, 9.17) is 5.73 Å². The maximum absolute atomic E-state index is 11.0. The lowest BCUT2D eigenvalue weighted by Gasteiger charge is -2.53. The highest BCUT2D eigenvalue weighted by Crippen LogP contribution is 2.51. The van der Waals surface area contributed by atoms with E-state index < -0.39 is 0 Å². The standard InChI is InChI=1S/C12H22N2O/c1-9(11(13)15)14-10-5-8-12(10)6-3-2-4-7-12/h9-10,14H,2-8H2,1H3,(H2,13,15). The second-order valence-corrected chi connectivity index (χ2v) is 5.31. The molecule has 3 heteroatoms. The van der Waals surface area contributed by atoms with E-state index in [1.807, 2.05) is 6.92 Å². The minimum Gasteiger partial charge on any atom is -0.368 e. The molecule has 0 aliphatic heterocycles. The lowest BCUT2D eigenvalue weighted by molar-refractivity contribution is -0.120. The molecule has 86 valence electrons. The van der Waals surface area contributed by atoms with Gasteiger partial charge in [0.1, 0.15) is 0 Å².